The number of hydrogen-bond acceptors (Lipinski definition) is 3. The van der Waals surface area contributed by atoms with Crippen LogP contribution in [0.2, 0.25) is 0 Å². The predicted octanol–water partition coefficient (Wildman–Crippen LogP) is 2.89. The van der Waals surface area contributed by atoms with Crippen LogP contribution in [-0.4, -0.2) is 18.7 Å². The average Bonchev–Trinajstić information content (AvgIpc) is 3.13. The van der Waals surface area contributed by atoms with Gasteiger partial charge in [-0.3, -0.25) is 0 Å². The highest BCUT2D eigenvalue weighted by Gasteiger charge is 2.61. The molecule has 0 spiro atoms. The predicted molar refractivity (Wildman–Crippen MR) is 69.1 cm³/mol. The van der Waals surface area contributed by atoms with Gasteiger partial charge in [0.05, 0.1) is 6.61 Å². The van der Waals surface area contributed by atoms with Crippen LogP contribution in [0.4, 0.5) is 0 Å². The zero-order chi connectivity index (χ0) is 13.2. The van der Waals surface area contributed by atoms with Crippen LogP contribution in [0.25, 0.3) is 0 Å². The third kappa shape index (κ3) is 2.41. The molecule has 0 N–H and O–H groups in total. The van der Waals surface area contributed by atoms with Gasteiger partial charge in [-0.2, -0.15) is 0 Å². The van der Waals surface area contributed by atoms with Crippen molar-refractivity contribution >= 4 is 5.97 Å². The van der Waals surface area contributed by atoms with Crippen molar-refractivity contribution in [2.45, 2.75) is 38.9 Å². The van der Waals surface area contributed by atoms with Crippen LogP contribution in [0.1, 0.15) is 32.8 Å². The minimum Gasteiger partial charge on any atom is -0.463 e. The molecule has 3 heteroatoms. The van der Waals surface area contributed by atoms with Crippen LogP contribution >= 0.6 is 0 Å². The molecule has 0 saturated carbocycles. The largest absolute Gasteiger partial charge is 0.463 e. The standard InChI is InChI=1S/C15H20O3/c1-4-15(12-8-6-5-7-9-12)13(18-15)14(16)17-10-11(2)3/h5-9,11,13H,4,10H2,1-3H3/t13-,15+/m0/s1. The molecule has 2 rings (SSSR count). The molecule has 1 aliphatic rings. The molecule has 1 aromatic rings. The van der Waals surface area contributed by atoms with Crippen molar-refractivity contribution in [2.24, 2.45) is 5.92 Å². The highest BCUT2D eigenvalue weighted by atomic mass is 16.7. The van der Waals surface area contributed by atoms with Gasteiger partial charge in [-0.25, -0.2) is 4.79 Å². The fourth-order valence-corrected chi connectivity index (χ4v) is 2.15. The van der Waals surface area contributed by atoms with Crippen molar-refractivity contribution in [2.75, 3.05) is 6.61 Å². The molecule has 0 aliphatic carbocycles. The minimum absolute atomic E-state index is 0.241. The number of epoxide rings is 1. The number of carbonyl (C=O) groups is 1. The van der Waals surface area contributed by atoms with E-state index in [1.807, 2.05) is 51.1 Å². The van der Waals surface area contributed by atoms with E-state index in [1.165, 1.54) is 0 Å². The van der Waals surface area contributed by atoms with Crippen LogP contribution in [0.3, 0.4) is 0 Å². The Morgan fingerprint density at radius 2 is 2.06 bits per heavy atom. The summed E-state index contributed by atoms with van der Waals surface area (Å²) >= 11 is 0. The van der Waals surface area contributed by atoms with Gasteiger partial charge in [0.25, 0.3) is 0 Å². The topological polar surface area (TPSA) is 38.8 Å². The van der Waals surface area contributed by atoms with E-state index in [0.29, 0.717) is 12.5 Å². The summed E-state index contributed by atoms with van der Waals surface area (Å²) in [5.41, 5.74) is 0.592. The normalized spacial score (nSPS) is 26.1. The molecule has 0 amide bonds. The molecule has 0 aromatic heterocycles. The molecule has 0 unspecified atom stereocenters. The molecule has 1 aliphatic heterocycles. The van der Waals surface area contributed by atoms with Gasteiger partial charge < -0.3 is 9.47 Å². The van der Waals surface area contributed by atoms with Gasteiger partial charge in [0, 0.05) is 0 Å². The molecule has 1 heterocycles. The maximum atomic E-state index is 11.9. The maximum absolute atomic E-state index is 11.9. The van der Waals surface area contributed by atoms with E-state index in [0.717, 1.165) is 12.0 Å². The lowest BCUT2D eigenvalue weighted by Crippen LogP contribution is -2.22. The monoisotopic (exact) mass is 248 g/mol. The van der Waals surface area contributed by atoms with Crippen molar-refractivity contribution in [3.63, 3.8) is 0 Å². The van der Waals surface area contributed by atoms with Crippen LogP contribution in [-0.2, 0) is 19.9 Å². The van der Waals surface area contributed by atoms with Crippen molar-refractivity contribution in [3.8, 4) is 0 Å². The first-order chi connectivity index (χ1) is 8.60. The SMILES string of the molecule is CC[C@]1(c2ccccc2)O[C@H]1C(=O)OCC(C)C. The van der Waals surface area contributed by atoms with Gasteiger partial charge in [0.15, 0.2) is 6.10 Å². The van der Waals surface area contributed by atoms with Gasteiger partial charge in [-0.15, -0.1) is 0 Å². The Bertz CT molecular complexity index is 413. The van der Waals surface area contributed by atoms with E-state index in [9.17, 15) is 4.79 Å². The minimum atomic E-state index is -0.463. The fraction of sp³-hybridized carbons (Fsp3) is 0.533. The highest BCUT2D eigenvalue weighted by molar-refractivity contribution is 5.80. The molecule has 1 fully saturated rings. The van der Waals surface area contributed by atoms with Gasteiger partial charge in [-0.1, -0.05) is 51.1 Å². The van der Waals surface area contributed by atoms with Gasteiger partial charge >= 0.3 is 5.97 Å². The molecule has 1 saturated heterocycles. The molecule has 18 heavy (non-hydrogen) atoms. The quantitative estimate of drug-likeness (QED) is 0.594. The smallest absolute Gasteiger partial charge is 0.338 e. The second-order valence-electron chi connectivity index (χ2n) is 5.13. The Hall–Kier alpha value is -1.35. The van der Waals surface area contributed by atoms with Gasteiger partial charge in [0.1, 0.15) is 5.60 Å². The zero-order valence-corrected chi connectivity index (χ0v) is 11.2. The van der Waals surface area contributed by atoms with Crippen LogP contribution in [0, 0.1) is 5.92 Å². The third-order valence-corrected chi connectivity index (χ3v) is 3.26. The number of hydrogen-bond donors (Lipinski definition) is 0. The van der Waals surface area contributed by atoms with Crippen molar-refractivity contribution in [3.05, 3.63) is 35.9 Å². The molecular formula is C15H20O3. The van der Waals surface area contributed by atoms with Crippen LogP contribution in [0.5, 0.6) is 0 Å². The van der Waals surface area contributed by atoms with E-state index >= 15 is 0 Å². The highest BCUT2D eigenvalue weighted by Crippen LogP contribution is 2.49. The first-order valence-electron chi connectivity index (χ1n) is 6.50. The average molecular weight is 248 g/mol. The Labute approximate surface area is 108 Å². The zero-order valence-electron chi connectivity index (χ0n) is 11.2. The second kappa shape index (κ2) is 5.11. The summed E-state index contributed by atoms with van der Waals surface area (Å²) in [5, 5.41) is 0. The molecule has 3 nitrogen and oxygen atoms in total. The third-order valence-electron chi connectivity index (χ3n) is 3.26. The molecule has 0 bridgehead atoms. The summed E-state index contributed by atoms with van der Waals surface area (Å²) in [6.07, 6.45) is 0.335. The van der Waals surface area contributed by atoms with Crippen molar-refractivity contribution < 1.29 is 14.3 Å². The number of carbonyl (C=O) groups excluding carboxylic acids is 1. The molecule has 2 atom stereocenters. The molecule has 98 valence electrons. The van der Waals surface area contributed by atoms with E-state index in [-0.39, 0.29) is 5.97 Å². The number of benzene rings is 1. The summed E-state index contributed by atoms with van der Waals surface area (Å²) in [4.78, 5) is 11.9. The lowest BCUT2D eigenvalue weighted by molar-refractivity contribution is -0.146. The maximum Gasteiger partial charge on any atom is 0.338 e. The van der Waals surface area contributed by atoms with E-state index in [2.05, 4.69) is 0 Å². The van der Waals surface area contributed by atoms with E-state index in [1.54, 1.807) is 0 Å². The Balaban J connectivity index is 2.04. The molecule has 1 aromatic carbocycles. The van der Waals surface area contributed by atoms with Gasteiger partial charge in [0.2, 0.25) is 0 Å². The van der Waals surface area contributed by atoms with Crippen LogP contribution < -0.4 is 0 Å². The number of rotatable bonds is 5. The lowest BCUT2D eigenvalue weighted by Gasteiger charge is -2.11. The Kier molecular flexibility index (Phi) is 3.71. The summed E-state index contributed by atoms with van der Waals surface area (Å²) in [5.74, 6) is 0.106. The fourth-order valence-electron chi connectivity index (χ4n) is 2.15. The summed E-state index contributed by atoms with van der Waals surface area (Å²) in [6.45, 7) is 6.52. The summed E-state index contributed by atoms with van der Waals surface area (Å²) in [6, 6.07) is 9.88. The number of ether oxygens (including phenoxy) is 2. The molecular weight excluding hydrogens is 228 g/mol. The van der Waals surface area contributed by atoms with E-state index < -0.39 is 11.7 Å². The Morgan fingerprint density at radius 3 is 2.61 bits per heavy atom. The number of esters is 1. The molecule has 0 radical (unpaired) electrons. The summed E-state index contributed by atoms with van der Waals surface area (Å²) in [7, 11) is 0. The van der Waals surface area contributed by atoms with E-state index in [4.69, 9.17) is 9.47 Å². The summed E-state index contributed by atoms with van der Waals surface area (Å²) < 4.78 is 10.9. The first kappa shape index (κ1) is 13.1. The Morgan fingerprint density at radius 1 is 1.39 bits per heavy atom. The van der Waals surface area contributed by atoms with Gasteiger partial charge in [-0.05, 0) is 17.9 Å². The van der Waals surface area contributed by atoms with Crippen molar-refractivity contribution in [1.29, 1.82) is 0 Å². The van der Waals surface area contributed by atoms with Crippen molar-refractivity contribution in [1.82, 2.24) is 0 Å². The first-order valence-corrected chi connectivity index (χ1v) is 6.50. The second-order valence-corrected chi connectivity index (χ2v) is 5.13. The lowest BCUT2D eigenvalue weighted by atomic mass is 9.93. The van der Waals surface area contributed by atoms with Crippen LogP contribution in [0.15, 0.2) is 30.3 Å².